The predicted octanol–water partition coefficient (Wildman–Crippen LogP) is 3.15. The molecular formula is C15H13NO2. The van der Waals surface area contributed by atoms with E-state index in [-0.39, 0.29) is 5.75 Å². The van der Waals surface area contributed by atoms with Crippen LogP contribution in [0.3, 0.4) is 0 Å². The average molecular weight is 239 g/mol. The number of ether oxygens (including phenoxy) is 1. The summed E-state index contributed by atoms with van der Waals surface area (Å²) < 4.78 is 5.63. The van der Waals surface area contributed by atoms with E-state index in [9.17, 15) is 5.11 Å². The Bertz CT molecular complexity index is 600. The van der Waals surface area contributed by atoms with E-state index in [1.54, 1.807) is 31.2 Å². The molecule has 0 bridgehead atoms. The lowest BCUT2D eigenvalue weighted by Gasteiger charge is -2.10. The van der Waals surface area contributed by atoms with Gasteiger partial charge in [0.25, 0.3) is 0 Å². The molecule has 2 aromatic carbocycles. The molecule has 3 heteroatoms. The maximum absolute atomic E-state index is 9.56. The zero-order valence-electron chi connectivity index (χ0n) is 10.1. The molecule has 0 unspecified atom stereocenters. The van der Waals surface area contributed by atoms with Crippen molar-refractivity contribution in [3.8, 4) is 17.6 Å². The van der Waals surface area contributed by atoms with Gasteiger partial charge >= 0.3 is 0 Å². The van der Waals surface area contributed by atoms with Gasteiger partial charge in [0.1, 0.15) is 18.1 Å². The first-order valence-corrected chi connectivity index (χ1v) is 5.61. The number of rotatable bonds is 3. The van der Waals surface area contributed by atoms with Crippen LogP contribution < -0.4 is 4.74 Å². The van der Waals surface area contributed by atoms with Crippen LogP contribution in [-0.4, -0.2) is 5.11 Å². The van der Waals surface area contributed by atoms with Gasteiger partial charge in [0.15, 0.2) is 0 Å². The van der Waals surface area contributed by atoms with Crippen LogP contribution in [0.2, 0.25) is 0 Å². The highest BCUT2D eigenvalue weighted by Crippen LogP contribution is 2.26. The lowest BCUT2D eigenvalue weighted by atomic mass is 10.1. The normalized spacial score (nSPS) is 9.78. The minimum atomic E-state index is 0.221. The molecule has 0 heterocycles. The predicted molar refractivity (Wildman–Crippen MR) is 68.3 cm³/mol. The summed E-state index contributed by atoms with van der Waals surface area (Å²) in [5.74, 6) is 0.871. The second-order valence-electron chi connectivity index (χ2n) is 4.00. The molecule has 90 valence electrons. The third-order valence-corrected chi connectivity index (χ3v) is 2.71. The Kier molecular flexibility index (Phi) is 3.49. The van der Waals surface area contributed by atoms with Gasteiger partial charge in [-0.25, -0.2) is 0 Å². The number of phenolic OH excluding ortho intramolecular Hbond substituents is 1. The average Bonchev–Trinajstić information content (AvgIpc) is 2.41. The largest absolute Gasteiger partial charge is 0.508 e. The van der Waals surface area contributed by atoms with Crippen molar-refractivity contribution in [3.05, 3.63) is 59.2 Å². The van der Waals surface area contributed by atoms with E-state index in [0.717, 1.165) is 5.56 Å². The number of nitriles is 1. The molecule has 18 heavy (non-hydrogen) atoms. The Morgan fingerprint density at radius 1 is 1.22 bits per heavy atom. The Morgan fingerprint density at radius 3 is 2.78 bits per heavy atom. The molecular weight excluding hydrogens is 226 g/mol. The lowest BCUT2D eigenvalue weighted by molar-refractivity contribution is 0.302. The van der Waals surface area contributed by atoms with Gasteiger partial charge in [-0.2, -0.15) is 5.26 Å². The molecule has 0 atom stereocenters. The van der Waals surface area contributed by atoms with Crippen molar-refractivity contribution in [1.82, 2.24) is 0 Å². The molecule has 2 rings (SSSR count). The summed E-state index contributed by atoms with van der Waals surface area (Å²) in [6.45, 7) is 2.18. The van der Waals surface area contributed by atoms with Gasteiger partial charge in [-0.3, -0.25) is 0 Å². The minimum Gasteiger partial charge on any atom is -0.508 e. The maximum Gasteiger partial charge on any atom is 0.126 e. The molecule has 0 aromatic heterocycles. The lowest BCUT2D eigenvalue weighted by Crippen LogP contribution is -1.97. The Balaban J connectivity index is 2.12. The number of hydrogen-bond acceptors (Lipinski definition) is 3. The smallest absolute Gasteiger partial charge is 0.126 e. The van der Waals surface area contributed by atoms with Gasteiger partial charge in [-0.15, -0.1) is 0 Å². The van der Waals surface area contributed by atoms with Crippen LogP contribution in [0.4, 0.5) is 0 Å². The Labute approximate surface area is 106 Å². The topological polar surface area (TPSA) is 53.2 Å². The molecule has 0 fully saturated rings. The van der Waals surface area contributed by atoms with Gasteiger partial charge in [0.05, 0.1) is 11.6 Å². The summed E-state index contributed by atoms with van der Waals surface area (Å²) in [5.41, 5.74) is 2.26. The van der Waals surface area contributed by atoms with E-state index in [0.29, 0.717) is 23.5 Å². The van der Waals surface area contributed by atoms with Crippen LogP contribution in [0.5, 0.6) is 11.5 Å². The van der Waals surface area contributed by atoms with E-state index < -0.39 is 0 Å². The van der Waals surface area contributed by atoms with Crippen molar-refractivity contribution in [2.45, 2.75) is 13.5 Å². The molecule has 2 aromatic rings. The van der Waals surface area contributed by atoms with Crippen molar-refractivity contribution in [3.63, 3.8) is 0 Å². The van der Waals surface area contributed by atoms with Crippen LogP contribution in [0, 0.1) is 18.3 Å². The highest BCUT2D eigenvalue weighted by atomic mass is 16.5. The molecule has 0 aliphatic carbocycles. The number of hydrogen-bond donors (Lipinski definition) is 1. The summed E-state index contributed by atoms with van der Waals surface area (Å²) in [6, 6.07) is 14.5. The van der Waals surface area contributed by atoms with Crippen LogP contribution in [0.25, 0.3) is 0 Å². The van der Waals surface area contributed by atoms with Crippen molar-refractivity contribution in [2.24, 2.45) is 0 Å². The molecule has 0 aliphatic rings. The summed E-state index contributed by atoms with van der Waals surface area (Å²) in [7, 11) is 0. The second-order valence-corrected chi connectivity index (χ2v) is 4.00. The first-order chi connectivity index (χ1) is 8.70. The summed E-state index contributed by atoms with van der Waals surface area (Å²) >= 11 is 0. The zero-order chi connectivity index (χ0) is 13.0. The third-order valence-electron chi connectivity index (χ3n) is 2.71. The standard InChI is InChI=1S/C15H13NO2/c1-11-14(17)6-3-7-15(11)18-10-13-5-2-4-12(8-13)9-16/h2-8,17H,10H2,1H3. The fourth-order valence-corrected chi connectivity index (χ4v) is 1.65. The molecule has 0 spiro atoms. The van der Waals surface area contributed by atoms with E-state index >= 15 is 0 Å². The van der Waals surface area contributed by atoms with E-state index in [1.807, 2.05) is 18.2 Å². The van der Waals surface area contributed by atoms with Gasteiger partial charge in [-0.1, -0.05) is 18.2 Å². The molecule has 0 aliphatic heterocycles. The van der Waals surface area contributed by atoms with Crippen LogP contribution in [-0.2, 0) is 6.61 Å². The molecule has 0 saturated carbocycles. The van der Waals surface area contributed by atoms with Crippen molar-refractivity contribution < 1.29 is 9.84 Å². The van der Waals surface area contributed by atoms with Crippen LogP contribution in [0.1, 0.15) is 16.7 Å². The summed E-state index contributed by atoms with van der Waals surface area (Å²) in [5, 5.41) is 18.4. The van der Waals surface area contributed by atoms with Crippen molar-refractivity contribution in [2.75, 3.05) is 0 Å². The van der Waals surface area contributed by atoms with E-state index in [4.69, 9.17) is 10.00 Å². The maximum atomic E-state index is 9.56. The zero-order valence-corrected chi connectivity index (χ0v) is 10.1. The van der Waals surface area contributed by atoms with Crippen LogP contribution >= 0.6 is 0 Å². The quantitative estimate of drug-likeness (QED) is 0.895. The van der Waals surface area contributed by atoms with E-state index in [1.165, 1.54) is 0 Å². The molecule has 1 N–H and O–H groups in total. The minimum absolute atomic E-state index is 0.221. The van der Waals surface area contributed by atoms with Crippen molar-refractivity contribution >= 4 is 0 Å². The number of phenols is 1. The fraction of sp³-hybridized carbons (Fsp3) is 0.133. The SMILES string of the molecule is Cc1c(O)cccc1OCc1cccc(C#N)c1. The monoisotopic (exact) mass is 239 g/mol. The van der Waals surface area contributed by atoms with Gasteiger partial charge in [0.2, 0.25) is 0 Å². The van der Waals surface area contributed by atoms with Gasteiger partial charge in [0, 0.05) is 5.56 Å². The molecule has 3 nitrogen and oxygen atoms in total. The number of aromatic hydroxyl groups is 1. The summed E-state index contributed by atoms with van der Waals surface area (Å²) in [6.07, 6.45) is 0. The Hall–Kier alpha value is -2.47. The van der Waals surface area contributed by atoms with E-state index in [2.05, 4.69) is 6.07 Å². The first-order valence-electron chi connectivity index (χ1n) is 5.61. The molecule has 0 saturated heterocycles. The van der Waals surface area contributed by atoms with Crippen molar-refractivity contribution in [1.29, 1.82) is 5.26 Å². The number of benzene rings is 2. The highest BCUT2D eigenvalue weighted by Gasteiger charge is 2.04. The fourth-order valence-electron chi connectivity index (χ4n) is 1.65. The Morgan fingerprint density at radius 2 is 2.00 bits per heavy atom. The summed E-state index contributed by atoms with van der Waals surface area (Å²) in [4.78, 5) is 0. The first kappa shape index (κ1) is 12.0. The highest BCUT2D eigenvalue weighted by molar-refractivity contribution is 5.42. The molecule has 0 amide bonds. The molecule has 0 radical (unpaired) electrons. The van der Waals surface area contributed by atoms with Gasteiger partial charge < -0.3 is 9.84 Å². The van der Waals surface area contributed by atoms with Gasteiger partial charge in [-0.05, 0) is 36.8 Å². The third kappa shape index (κ3) is 2.61. The number of nitrogens with zero attached hydrogens (tertiary/aromatic N) is 1. The van der Waals surface area contributed by atoms with Crippen LogP contribution in [0.15, 0.2) is 42.5 Å². The second kappa shape index (κ2) is 5.24.